The summed E-state index contributed by atoms with van der Waals surface area (Å²) in [7, 11) is 0. The van der Waals surface area contributed by atoms with Gasteiger partial charge in [0.25, 0.3) is 5.91 Å². The summed E-state index contributed by atoms with van der Waals surface area (Å²) in [6.07, 6.45) is 2.93. The molecule has 3 heterocycles. The van der Waals surface area contributed by atoms with E-state index in [4.69, 9.17) is 9.15 Å². The molecule has 4 rings (SSSR count). The number of ether oxygens (including phenoxy) is 1. The van der Waals surface area contributed by atoms with Gasteiger partial charge in [0.15, 0.2) is 5.76 Å². The number of nitrogens with zero attached hydrogens (tertiary/aromatic N) is 2. The summed E-state index contributed by atoms with van der Waals surface area (Å²) in [5, 5.41) is 2.02. The smallest absolute Gasteiger partial charge is 0.290 e. The van der Waals surface area contributed by atoms with Gasteiger partial charge in [-0.15, -0.1) is 11.3 Å². The lowest BCUT2D eigenvalue weighted by atomic mass is 10.00. The van der Waals surface area contributed by atoms with Crippen molar-refractivity contribution < 1.29 is 23.1 Å². The topological polar surface area (TPSA) is 63.0 Å². The van der Waals surface area contributed by atoms with Gasteiger partial charge < -0.3 is 19.0 Å². The molecule has 0 spiro atoms. The van der Waals surface area contributed by atoms with Crippen LogP contribution in [0.1, 0.15) is 47.3 Å². The Hall–Kier alpha value is -3.13. The van der Waals surface area contributed by atoms with E-state index in [1.807, 2.05) is 25.3 Å². The lowest BCUT2D eigenvalue weighted by Gasteiger charge is -2.38. The first-order chi connectivity index (χ1) is 16.0. The molecule has 0 saturated heterocycles. The fraction of sp³-hybridized carbons (Fsp3) is 0.360. The maximum absolute atomic E-state index is 13.5. The molecule has 3 aromatic rings. The Bertz CT molecular complexity index is 1080. The van der Waals surface area contributed by atoms with Gasteiger partial charge in [-0.1, -0.05) is 6.92 Å². The number of thiophene rings is 1. The zero-order valence-corrected chi connectivity index (χ0v) is 19.5. The molecule has 1 aromatic carbocycles. The molecule has 2 amide bonds. The van der Waals surface area contributed by atoms with Crippen molar-refractivity contribution in [1.29, 1.82) is 0 Å². The van der Waals surface area contributed by atoms with Gasteiger partial charge in [0.05, 0.1) is 12.3 Å². The summed E-state index contributed by atoms with van der Waals surface area (Å²) in [5.41, 5.74) is 1.06. The highest BCUT2D eigenvalue weighted by Gasteiger charge is 2.34. The third-order valence-corrected chi connectivity index (χ3v) is 7.05. The molecule has 0 bridgehead atoms. The van der Waals surface area contributed by atoms with Crippen LogP contribution in [0.4, 0.5) is 4.39 Å². The van der Waals surface area contributed by atoms with Crippen LogP contribution in [0.3, 0.4) is 0 Å². The zero-order chi connectivity index (χ0) is 23.4. The number of benzene rings is 1. The Balaban J connectivity index is 1.53. The Morgan fingerprint density at radius 2 is 2.06 bits per heavy atom. The molecule has 0 aliphatic carbocycles. The van der Waals surface area contributed by atoms with E-state index in [1.54, 1.807) is 45.4 Å². The van der Waals surface area contributed by atoms with Gasteiger partial charge in [0, 0.05) is 17.5 Å². The van der Waals surface area contributed by atoms with Gasteiger partial charge in [-0.2, -0.15) is 0 Å². The highest BCUT2D eigenvalue weighted by molar-refractivity contribution is 7.10. The second-order valence-electron chi connectivity index (χ2n) is 8.08. The molecule has 0 fully saturated rings. The molecule has 174 valence electrons. The second-order valence-corrected chi connectivity index (χ2v) is 9.09. The van der Waals surface area contributed by atoms with E-state index in [1.165, 1.54) is 23.3 Å². The minimum absolute atomic E-state index is 0.0406. The monoisotopic (exact) mass is 470 g/mol. The van der Waals surface area contributed by atoms with Gasteiger partial charge >= 0.3 is 0 Å². The number of hydrogen-bond donors (Lipinski definition) is 0. The van der Waals surface area contributed by atoms with Crippen molar-refractivity contribution in [3.05, 3.63) is 76.1 Å². The van der Waals surface area contributed by atoms with Crippen molar-refractivity contribution in [2.45, 2.75) is 38.8 Å². The summed E-state index contributed by atoms with van der Waals surface area (Å²) in [4.78, 5) is 31.1. The standard InChI is InChI=1S/C25H27FN2O4S/c1-3-17(2)28(25(30)22-5-4-13-31-22)15-24(29)27-12-10-23-20(11-14-33-23)21(27)16-32-19-8-6-18(26)7-9-19/h4-9,11,13-14,17,21H,3,10,12,15-16H2,1-2H3/t17-,21-/m1/s1. The molecule has 2 atom stereocenters. The molecular formula is C25H27FN2O4S. The minimum atomic E-state index is -0.330. The van der Waals surface area contributed by atoms with Crippen LogP contribution in [0.15, 0.2) is 58.5 Å². The number of furan rings is 1. The van der Waals surface area contributed by atoms with Crippen LogP contribution in [0, 0.1) is 5.82 Å². The van der Waals surface area contributed by atoms with Crippen LogP contribution in [-0.2, 0) is 11.2 Å². The van der Waals surface area contributed by atoms with Crippen molar-refractivity contribution in [3.63, 3.8) is 0 Å². The van der Waals surface area contributed by atoms with Crippen LogP contribution in [0.5, 0.6) is 5.75 Å². The number of halogens is 1. The molecule has 1 aliphatic heterocycles. The predicted molar refractivity (Wildman–Crippen MR) is 124 cm³/mol. The lowest BCUT2D eigenvalue weighted by molar-refractivity contribution is -0.136. The molecule has 2 aromatic heterocycles. The van der Waals surface area contributed by atoms with E-state index >= 15 is 0 Å². The first-order valence-electron chi connectivity index (χ1n) is 11.1. The van der Waals surface area contributed by atoms with Crippen molar-refractivity contribution in [1.82, 2.24) is 9.80 Å². The zero-order valence-electron chi connectivity index (χ0n) is 18.7. The van der Waals surface area contributed by atoms with Crippen LogP contribution in [-0.4, -0.2) is 47.4 Å². The number of carbonyl (C=O) groups excluding carboxylic acids is 2. The average molecular weight is 471 g/mol. The Morgan fingerprint density at radius 1 is 1.27 bits per heavy atom. The summed E-state index contributed by atoms with van der Waals surface area (Å²) >= 11 is 1.67. The molecular weight excluding hydrogens is 443 g/mol. The Kier molecular flexibility index (Phi) is 7.13. The van der Waals surface area contributed by atoms with E-state index in [2.05, 4.69) is 0 Å². The van der Waals surface area contributed by atoms with Gasteiger partial charge in [-0.05, 0) is 73.2 Å². The summed E-state index contributed by atoms with van der Waals surface area (Å²) in [6, 6.07) is 10.7. The fourth-order valence-corrected chi connectivity index (χ4v) is 4.94. The minimum Gasteiger partial charge on any atom is -0.491 e. The van der Waals surface area contributed by atoms with Crippen molar-refractivity contribution >= 4 is 23.2 Å². The lowest BCUT2D eigenvalue weighted by Crippen LogP contribution is -2.49. The highest BCUT2D eigenvalue weighted by atomic mass is 32.1. The molecule has 0 radical (unpaired) electrons. The molecule has 6 nitrogen and oxygen atoms in total. The van der Waals surface area contributed by atoms with Crippen molar-refractivity contribution in [2.24, 2.45) is 0 Å². The number of rotatable bonds is 8. The van der Waals surface area contributed by atoms with E-state index in [-0.39, 0.29) is 48.6 Å². The molecule has 0 N–H and O–H groups in total. The summed E-state index contributed by atoms with van der Waals surface area (Å²) in [6.45, 7) is 4.66. The summed E-state index contributed by atoms with van der Waals surface area (Å²) < 4.78 is 24.5. The SMILES string of the molecule is CC[C@@H](C)N(CC(=O)N1CCc2sccc2[C@H]1COc1ccc(F)cc1)C(=O)c1ccco1. The molecule has 0 unspecified atom stereocenters. The third kappa shape index (κ3) is 5.11. The van der Waals surface area contributed by atoms with Crippen LogP contribution < -0.4 is 4.74 Å². The van der Waals surface area contributed by atoms with Crippen molar-refractivity contribution in [3.8, 4) is 5.75 Å². The fourth-order valence-electron chi connectivity index (χ4n) is 4.01. The first-order valence-corrected chi connectivity index (χ1v) is 11.9. The maximum atomic E-state index is 13.5. The second kappa shape index (κ2) is 10.2. The van der Waals surface area contributed by atoms with Crippen LogP contribution >= 0.6 is 11.3 Å². The van der Waals surface area contributed by atoms with E-state index < -0.39 is 0 Å². The molecule has 0 saturated carbocycles. The van der Waals surface area contributed by atoms with Gasteiger partial charge in [-0.25, -0.2) is 4.39 Å². The maximum Gasteiger partial charge on any atom is 0.290 e. The number of amides is 2. The Labute approximate surface area is 196 Å². The van der Waals surface area contributed by atoms with E-state index in [9.17, 15) is 14.0 Å². The van der Waals surface area contributed by atoms with Gasteiger partial charge in [0.1, 0.15) is 24.7 Å². The molecule has 1 aliphatic rings. The largest absolute Gasteiger partial charge is 0.491 e. The van der Waals surface area contributed by atoms with E-state index in [0.29, 0.717) is 18.7 Å². The number of carbonyl (C=O) groups is 2. The summed E-state index contributed by atoms with van der Waals surface area (Å²) in [5.74, 6) is -0.00320. The number of hydrogen-bond acceptors (Lipinski definition) is 5. The van der Waals surface area contributed by atoms with Crippen LogP contribution in [0.2, 0.25) is 0 Å². The van der Waals surface area contributed by atoms with Gasteiger partial charge in [-0.3, -0.25) is 9.59 Å². The van der Waals surface area contributed by atoms with E-state index in [0.717, 1.165) is 12.0 Å². The average Bonchev–Trinajstić information content (AvgIpc) is 3.53. The predicted octanol–water partition coefficient (Wildman–Crippen LogP) is 4.93. The molecule has 8 heteroatoms. The van der Waals surface area contributed by atoms with Crippen molar-refractivity contribution in [2.75, 3.05) is 19.7 Å². The highest BCUT2D eigenvalue weighted by Crippen LogP contribution is 2.34. The third-order valence-electron chi connectivity index (χ3n) is 6.06. The normalized spacial score (nSPS) is 16.2. The van der Waals surface area contributed by atoms with Gasteiger partial charge in [0.2, 0.25) is 5.91 Å². The molecule has 33 heavy (non-hydrogen) atoms. The first kappa shape index (κ1) is 23.0. The van der Waals surface area contributed by atoms with Crippen LogP contribution in [0.25, 0.3) is 0 Å². The number of fused-ring (bicyclic) bond motifs is 1. The quantitative estimate of drug-likeness (QED) is 0.469. The Morgan fingerprint density at radius 3 is 2.76 bits per heavy atom.